The predicted molar refractivity (Wildman–Crippen MR) is 114 cm³/mol. The summed E-state index contributed by atoms with van der Waals surface area (Å²) in [5, 5.41) is 23.4. The quantitative estimate of drug-likeness (QED) is 0.417. The number of carboxylic acid groups (broad SMARTS) is 1. The first-order chi connectivity index (χ1) is 14.4. The zero-order valence-electron chi connectivity index (χ0n) is 15.6. The summed E-state index contributed by atoms with van der Waals surface area (Å²) in [6.07, 6.45) is 0. The number of anilines is 1. The van der Waals surface area contributed by atoms with E-state index in [1.54, 1.807) is 17.7 Å². The second kappa shape index (κ2) is 8.33. The number of hydrogen-bond acceptors (Lipinski definition) is 7. The molecular weight excluding hydrogens is 472 g/mol. The highest BCUT2D eigenvalue weighted by Gasteiger charge is 2.16. The second-order valence-corrected chi connectivity index (χ2v) is 8.22. The summed E-state index contributed by atoms with van der Waals surface area (Å²) in [6, 6.07) is 13.5. The number of aromatic nitrogens is 3. The number of nitrogens with one attached hydrogen (secondary N) is 1. The van der Waals surface area contributed by atoms with Crippen molar-refractivity contribution in [3.63, 3.8) is 0 Å². The van der Waals surface area contributed by atoms with Crippen LogP contribution in [0.3, 0.4) is 0 Å². The van der Waals surface area contributed by atoms with Crippen LogP contribution >= 0.6 is 27.7 Å². The molecule has 30 heavy (non-hydrogen) atoms. The van der Waals surface area contributed by atoms with Crippen molar-refractivity contribution in [2.75, 3.05) is 11.1 Å². The van der Waals surface area contributed by atoms with Crippen molar-refractivity contribution >= 4 is 56.2 Å². The maximum absolute atomic E-state index is 12.2. The number of hydrogen-bond donors (Lipinski definition) is 1. The summed E-state index contributed by atoms with van der Waals surface area (Å²) in [6.45, 7) is 0. The Kier molecular flexibility index (Phi) is 5.60. The third-order valence-corrected chi connectivity index (χ3v) is 5.76. The van der Waals surface area contributed by atoms with Gasteiger partial charge < -0.3 is 24.2 Å². The number of carbonyl (C=O) groups is 2. The number of furan rings is 1. The monoisotopic (exact) mass is 485 g/mol. The number of nitrogens with zero attached hydrogens (tertiary/aromatic N) is 3. The lowest BCUT2D eigenvalue weighted by Crippen LogP contribution is -2.22. The molecule has 0 aliphatic rings. The fourth-order valence-electron chi connectivity index (χ4n) is 2.83. The van der Waals surface area contributed by atoms with Gasteiger partial charge in [0.1, 0.15) is 5.58 Å². The largest absolute Gasteiger partial charge is 0.545 e. The van der Waals surface area contributed by atoms with Crippen LogP contribution in [0.25, 0.3) is 22.6 Å². The molecule has 0 saturated heterocycles. The summed E-state index contributed by atoms with van der Waals surface area (Å²) in [7, 11) is 1.79. The van der Waals surface area contributed by atoms with Crippen LogP contribution in [0, 0.1) is 0 Å². The van der Waals surface area contributed by atoms with Gasteiger partial charge in [0, 0.05) is 22.6 Å². The van der Waals surface area contributed by atoms with Gasteiger partial charge in [-0.3, -0.25) is 4.79 Å². The Labute approximate surface area is 183 Å². The predicted octanol–water partition coefficient (Wildman–Crippen LogP) is 3.09. The highest BCUT2D eigenvalue weighted by molar-refractivity contribution is 9.10. The Morgan fingerprint density at radius 3 is 2.83 bits per heavy atom. The van der Waals surface area contributed by atoms with E-state index in [2.05, 4.69) is 31.4 Å². The standard InChI is InChI=1S/C20H15BrN4O4S/c1-25-18(16-9-12-7-13(21)5-6-15(12)29-16)23-24-20(25)30-10-17(26)22-14-4-2-3-11(8-14)19(27)28/h2-9H,10H2,1H3,(H,22,26)(H,27,28)/p-1. The Hall–Kier alpha value is -3.11. The molecule has 0 atom stereocenters. The van der Waals surface area contributed by atoms with E-state index in [9.17, 15) is 14.7 Å². The summed E-state index contributed by atoms with van der Waals surface area (Å²) in [4.78, 5) is 23.2. The van der Waals surface area contributed by atoms with Crippen LogP contribution in [-0.2, 0) is 11.8 Å². The Bertz CT molecular complexity index is 1270. The van der Waals surface area contributed by atoms with Gasteiger partial charge in [-0.1, -0.05) is 39.8 Å². The van der Waals surface area contributed by atoms with Crippen molar-refractivity contribution < 1.29 is 19.1 Å². The normalized spacial score (nSPS) is 11.0. The minimum Gasteiger partial charge on any atom is -0.545 e. The lowest BCUT2D eigenvalue weighted by Gasteiger charge is -2.08. The van der Waals surface area contributed by atoms with Crippen molar-refractivity contribution in [1.82, 2.24) is 14.8 Å². The number of halogens is 1. The highest BCUT2D eigenvalue weighted by Crippen LogP contribution is 2.30. The molecule has 1 amide bonds. The molecule has 4 rings (SSSR count). The SMILES string of the molecule is Cn1c(SCC(=O)Nc2cccc(C(=O)[O-])c2)nnc1-c1cc2cc(Br)ccc2o1. The number of carboxylic acids is 1. The number of rotatable bonds is 6. The number of carbonyl (C=O) groups excluding carboxylic acids is 2. The number of fused-ring (bicyclic) bond motifs is 1. The molecule has 0 radical (unpaired) electrons. The van der Waals surface area contributed by atoms with E-state index in [0.717, 1.165) is 15.4 Å². The van der Waals surface area contributed by atoms with Gasteiger partial charge >= 0.3 is 0 Å². The van der Waals surface area contributed by atoms with Gasteiger partial charge in [0.05, 0.1) is 11.7 Å². The summed E-state index contributed by atoms with van der Waals surface area (Å²) in [5.74, 6) is -0.395. The molecule has 0 saturated carbocycles. The van der Waals surface area contributed by atoms with E-state index in [1.807, 2.05) is 24.3 Å². The van der Waals surface area contributed by atoms with Gasteiger partial charge in [-0.15, -0.1) is 10.2 Å². The average molecular weight is 486 g/mol. The topological polar surface area (TPSA) is 113 Å². The summed E-state index contributed by atoms with van der Waals surface area (Å²) >= 11 is 4.65. The van der Waals surface area contributed by atoms with Gasteiger partial charge in [-0.05, 0) is 42.0 Å². The van der Waals surface area contributed by atoms with Crippen molar-refractivity contribution in [1.29, 1.82) is 0 Å². The zero-order valence-corrected chi connectivity index (χ0v) is 18.0. The second-order valence-electron chi connectivity index (χ2n) is 6.36. The molecule has 0 aliphatic carbocycles. The molecule has 0 spiro atoms. The van der Waals surface area contributed by atoms with E-state index >= 15 is 0 Å². The van der Waals surface area contributed by atoms with Crippen LogP contribution < -0.4 is 10.4 Å². The first kappa shape index (κ1) is 20.2. The van der Waals surface area contributed by atoms with Crippen LogP contribution in [0.2, 0.25) is 0 Å². The van der Waals surface area contributed by atoms with Crippen LogP contribution in [0.1, 0.15) is 10.4 Å². The maximum Gasteiger partial charge on any atom is 0.234 e. The third-order valence-electron chi connectivity index (χ3n) is 4.25. The summed E-state index contributed by atoms with van der Waals surface area (Å²) < 4.78 is 8.56. The Balaban J connectivity index is 1.44. The molecule has 0 fully saturated rings. The molecule has 1 N–H and O–H groups in total. The molecular formula is C20H14BrN4O4S-. The van der Waals surface area contributed by atoms with Gasteiger partial charge in [0.25, 0.3) is 0 Å². The smallest absolute Gasteiger partial charge is 0.234 e. The number of amides is 1. The molecule has 152 valence electrons. The molecule has 2 aromatic heterocycles. The van der Waals surface area contributed by atoms with E-state index in [-0.39, 0.29) is 17.2 Å². The van der Waals surface area contributed by atoms with E-state index in [1.165, 1.54) is 30.0 Å². The van der Waals surface area contributed by atoms with Gasteiger partial charge in [0.15, 0.2) is 16.7 Å². The van der Waals surface area contributed by atoms with Gasteiger partial charge in [0.2, 0.25) is 5.91 Å². The molecule has 0 bridgehead atoms. The first-order valence-electron chi connectivity index (χ1n) is 8.73. The van der Waals surface area contributed by atoms with Crippen LogP contribution in [0.5, 0.6) is 0 Å². The van der Waals surface area contributed by atoms with Crippen molar-refractivity contribution in [3.8, 4) is 11.6 Å². The van der Waals surface area contributed by atoms with E-state index in [4.69, 9.17) is 4.42 Å². The molecule has 10 heteroatoms. The van der Waals surface area contributed by atoms with Crippen molar-refractivity contribution in [2.45, 2.75) is 5.16 Å². The lowest BCUT2D eigenvalue weighted by molar-refractivity contribution is -0.255. The molecule has 2 heterocycles. The zero-order chi connectivity index (χ0) is 21.3. The van der Waals surface area contributed by atoms with E-state index in [0.29, 0.717) is 22.4 Å². The number of aromatic carboxylic acids is 1. The van der Waals surface area contributed by atoms with Crippen LogP contribution in [-0.4, -0.2) is 32.4 Å². The highest BCUT2D eigenvalue weighted by atomic mass is 79.9. The van der Waals surface area contributed by atoms with Crippen LogP contribution in [0.4, 0.5) is 5.69 Å². The fourth-order valence-corrected chi connectivity index (χ4v) is 3.92. The lowest BCUT2D eigenvalue weighted by atomic mass is 10.2. The first-order valence-corrected chi connectivity index (χ1v) is 10.5. The Morgan fingerprint density at radius 2 is 2.03 bits per heavy atom. The third kappa shape index (κ3) is 4.24. The van der Waals surface area contributed by atoms with E-state index < -0.39 is 5.97 Å². The minimum atomic E-state index is -1.30. The molecule has 8 nitrogen and oxygen atoms in total. The Morgan fingerprint density at radius 1 is 1.20 bits per heavy atom. The maximum atomic E-state index is 12.2. The average Bonchev–Trinajstić information content (AvgIpc) is 3.29. The van der Waals surface area contributed by atoms with Crippen LogP contribution in [0.15, 0.2) is 62.6 Å². The molecule has 0 unspecified atom stereocenters. The summed E-state index contributed by atoms with van der Waals surface area (Å²) in [5.41, 5.74) is 1.12. The molecule has 4 aromatic rings. The molecule has 0 aliphatic heterocycles. The van der Waals surface area contributed by atoms with Crippen molar-refractivity contribution in [2.24, 2.45) is 7.05 Å². The van der Waals surface area contributed by atoms with Gasteiger partial charge in [-0.2, -0.15) is 0 Å². The molecule has 2 aromatic carbocycles. The number of thioether (sulfide) groups is 1. The fraction of sp³-hybridized carbons (Fsp3) is 0.100. The number of benzene rings is 2. The minimum absolute atomic E-state index is 0.00346. The van der Waals surface area contributed by atoms with Gasteiger partial charge in [-0.25, -0.2) is 0 Å². The van der Waals surface area contributed by atoms with Crippen molar-refractivity contribution in [3.05, 3.63) is 58.6 Å².